The molecule has 2 atom stereocenters. The Morgan fingerprint density at radius 3 is 2.77 bits per heavy atom. The number of fused-ring (bicyclic) bond motifs is 1. The first-order chi connectivity index (χ1) is 12.3. The van der Waals surface area contributed by atoms with Gasteiger partial charge in [-0.15, -0.1) is 11.8 Å². The number of rotatable bonds is 3. The smallest absolute Gasteiger partial charge is 0.407 e. The third-order valence-corrected chi connectivity index (χ3v) is 6.02. The Morgan fingerprint density at radius 1 is 1.27 bits per heavy atom. The third kappa shape index (κ3) is 4.72. The molecule has 2 amide bonds. The third-order valence-electron chi connectivity index (χ3n) is 4.71. The van der Waals surface area contributed by atoms with E-state index in [2.05, 4.69) is 17.4 Å². The number of piperidine rings is 1. The Kier molecular flexibility index (Phi) is 5.80. The van der Waals surface area contributed by atoms with E-state index < -0.39 is 11.7 Å². The maximum Gasteiger partial charge on any atom is 0.407 e. The molecule has 1 aromatic carbocycles. The summed E-state index contributed by atoms with van der Waals surface area (Å²) in [6.45, 7) is 6.76. The Hall–Kier alpha value is -1.69. The van der Waals surface area contributed by atoms with Crippen LogP contribution in [0.4, 0.5) is 4.79 Å². The van der Waals surface area contributed by atoms with Crippen LogP contribution in [0.2, 0.25) is 0 Å². The molecule has 2 aliphatic heterocycles. The first-order valence-corrected chi connectivity index (χ1v) is 10.2. The highest BCUT2D eigenvalue weighted by Gasteiger charge is 2.35. The minimum atomic E-state index is -0.515. The molecule has 0 spiro atoms. The molecular formula is C20H28N2O3S. The number of hydrogen-bond donors (Lipinski definition) is 1. The lowest BCUT2D eigenvalue weighted by Crippen LogP contribution is -2.52. The van der Waals surface area contributed by atoms with Crippen LogP contribution in [0.1, 0.15) is 45.6 Å². The van der Waals surface area contributed by atoms with E-state index in [4.69, 9.17) is 4.74 Å². The quantitative estimate of drug-likeness (QED) is 0.875. The number of thioether (sulfide) groups is 1. The molecule has 2 unspecified atom stereocenters. The van der Waals surface area contributed by atoms with E-state index in [-0.39, 0.29) is 17.2 Å². The number of amides is 2. The summed E-state index contributed by atoms with van der Waals surface area (Å²) in [6, 6.07) is 8.29. The van der Waals surface area contributed by atoms with Crippen molar-refractivity contribution >= 4 is 23.8 Å². The van der Waals surface area contributed by atoms with E-state index in [1.807, 2.05) is 37.8 Å². The van der Waals surface area contributed by atoms with Gasteiger partial charge in [-0.25, -0.2) is 4.79 Å². The number of carbonyl (C=O) groups is 2. The fourth-order valence-corrected chi connectivity index (χ4v) is 4.79. The van der Waals surface area contributed by atoms with Crippen molar-refractivity contribution in [2.75, 3.05) is 13.1 Å². The van der Waals surface area contributed by atoms with Crippen molar-refractivity contribution in [3.8, 4) is 0 Å². The van der Waals surface area contributed by atoms with Crippen LogP contribution in [0, 0.1) is 0 Å². The van der Waals surface area contributed by atoms with Gasteiger partial charge in [-0.1, -0.05) is 18.2 Å². The van der Waals surface area contributed by atoms with Crippen molar-refractivity contribution in [1.29, 1.82) is 0 Å². The van der Waals surface area contributed by atoms with E-state index in [0.29, 0.717) is 6.54 Å². The Labute approximate surface area is 159 Å². The van der Waals surface area contributed by atoms with Crippen molar-refractivity contribution in [1.82, 2.24) is 10.2 Å². The molecule has 142 valence electrons. The predicted molar refractivity (Wildman–Crippen MR) is 103 cm³/mol. The zero-order chi connectivity index (χ0) is 18.7. The number of nitrogens with zero attached hydrogens (tertiary/aromatic N) is 1. The highest BCUT2D eigenvalue weighted by atomic mass is 32.2. The monoisotopic (exact) mass is 376 g/mol. The second-order valence-corrected chi connectivity index (χ2v) is 9.23. The topological polar surface area (TPSA) is 58.6 Å². The Morgan fingerprint density at radius 2 is 2.04 bits per heavy atom. The predicted octanol–water partition coefficient (Wildman–Crippen LogP) is 3.61. The Balaban J connectivity index is 1.59. The highest BCUT2D eigenvalue weighted by molar-refractivity contribution is 8.01. The van der Waals surface area contributed by atoms with Crippen LogP contribution in [0.5, 0.6) is 0 Å². The van der Waals surface area contributed by atoms with E-state index in [1.54, 1.807) is 11.8 Å². The number of ether oxygens (including phenoxy) is 1. The number of likely N-dealkylation sites (tertiary alicyclic amines) is 1. The van der Waals surface area contributed by atoms with Crippen molar-refractivity contribution in [3.63, 3.8) is 0 Å². The molecule has 5 nitrogen and oxygen atoms in total. The average molecular weight is 377 g/mol. The molecule has 1 saturated heterocycles. The molecule has 0 radical (unpaired) electrons. The normalized spacial score (nSPS) is 22.7. The molecule has 2 heterocycles. The molecule has 26 heavy (non-hydrogen) atoms. The van der Waals surface area contributed by atoms with Gasteiger partial charge in [-0.2, -0.15) is 0 Å². The van der Waals surface area contributed by atoms with Crippen molar-refractivity contribution in [2.24, 2.45) is 0 Å². The molecule has 1 fully saturated rings. The lowest BCUT2D eigenvalue weighted by atomic mass is 10.0. The van der Waals surface area contributed by atoms with Crippen LogP contribution in [0.25, 0.3) is 0 Å². The minimum absolute atomic E-state index is 0.0467. The average Bonchev–Trinajstić information content (AvgIpc) is 3.02. The highest BCUT2D eigenvalue weighted by Crippen LogP contribution is 2.38. The zero-order valence-corrected chi connectivity index (χ0v) is 16.6. The van der Waals surface area contributed by atoms with E-state index in [9.17, 15) is 9.59 Å². The second kappa shape index (κ2) is 7.91. The van der Waals surface area contributed by atoms with Crippen molar-refractivity contribution in [2.45, 2.75) is 68.2 Å². The van der Waals surface area contributed by atoms with E-state index in [0.717, 1.165) is 32.2 Å². The lowest BCUT2D eigenvalue weighted by Gasteiger charge is -2.37. The molecule has 0 bridgehead atoms. The molecule has 6 heteroatoms. The number of alkyl carbamates (subject to hydrolysis) is 1. The molecule has 1 aromatic rings. The summed E-state index contributed by atoms with van der Waals surface area (Å²) in [5, 5.41) is 2.79. The molecule has 1 N–H and O–H groups in total. The first kappa shape index (κ1) is 19.1. The van der Waals surface area contributed by atoms with Crippen molar-refractivity contribution < 1.29 is 14.3 Å². The molecule has 0 aromatic heterocycles. The minimum Gasteiger partial charge on any atom is -0.444 e. The molecule has 0 saturated carbocycles. The summed E-state index contributed by atoms with van der Waals surface area (Å²) < 4.78 is 5.31. The molecule has 3 rings (SSSR count). The van der Waals surface area contributed by atoms with Crippen LogP contribution in [-0.2, 0) is 16.0 Å². The first-order valence-electron chi connectivity index (χ1n) is 9.35. The summed E-state index contributed by atoms with van der Waals surface area (Å²) in [5.74, 6) is 0.196. The molecular weight excluding hydrogens is 348 g/mol. The van der Waals surface area contributed by atoms with Gasteiger partial charge in [-0.05, 0) is 58.1 Å². The number of benzene rings is 1. The number of nitrogens with one attached hydrogen (secondary N) is 1. The fourth-order valence-electron chi connectivity index (χ4n) is 3.52. The maximum absolute atomic E-state index is 13.1. The van der Waals surface area contributed by atoms with E-state index >= 15 is 0 Å². The number of hydrogen-bond acceptors (Lipinski definition) is 4. The fraction of sp³-hybridized carbons (Fsp3) is 0.600. The van der Waals surface area contributed by atoms with Gasteiger partial charge in [0.2, 0.25) is 5.91 Å². The van der Waals surface area contributed by atoms with E-state index in [1.165, 1.54) is 10.5 Å². The van der Waals surface area contributed by atoms with Crippen LogP contribution in [-0.4, -0.2) is 46.9 Å². The van der Waals surface area contributed by atoms with Crippen LogP contribution in [0.15, 0.2) is 29.2 Å². The lowest BCUT2D eigenvalue weighted by molar-refractivity contribution is -0.134. The van der Waals surface area contributed by atoms with Crippen LogP contribution in [0.3, 0.4) is 0 Å². The van der Waals surface area contributed by atoms with Gasteiger partial charge in [0.15, 0.2) is 0 Å². The standard InChI is InChI=1S/C20H28N2O3S/c1-20(2,3)25-19(24)21-13-15-9-6-7-11-22(15)18(23)17-12-14-8-4-5-10-16(14)26-17/h4-5,8,10,15,17H,6-7,9,11-13H2,1-3H3,(H,21,24). The molecule has 0 aliphatic carbocycles. The summed E-state index contributed by atoms with van der Waals surface area (Å²) in [7, 11) is 0. The van der Waals surface area contributed by atoms with Crippen LogP contribution >= 0.6 is 11.8 Å². The Bertz CT molecular complexity index is 646. The van der Waals surface area contributed by atoms with Gasteiger partial charge in [-0.3, -0.25) is 4.79 Å². The van der Waals surface area contributed by atoms with Gasteiger partial charge in [0.05, 0.1) is 5.25 Å². The largest absolute Gasteiger partial charge is 0.444 e. The van der Waals surface area contributed by atoms with Crippen molar-refractivity contribution in [3.05, 3.63) is 29.8 Å². The summed E-state index contributed by atoms with van der Waals surface area (Å²) in [6.07, 6.45) is 3.41. The van der Waals surface area contributed by atoms with Crippen LogP contribution < -0.4 is 5.32 Å². The summed E-state index contributed by atoms with van der Waals surface area (Å²) in [4.78, 5) is 28.2. The number of carbonyl (C=O) groups excluding carboxylic acids is 2. The van der Waals surface area contributed by atoms with Gasteiger partial charge in [0.1, 0.15) is 5.60 Å². The summed E-state index contributed by atoms with van der Waals surface area (Å²) in [5.41, 5.74) is 0.745. The molecule has 2 aliphatic rings. The maximum atomic E-state index is 13.1. The summed E-state index contributed by atoms with van der Waals surface area (Å²) >= 11 is 1.67. The van der Waals surface area contributed by atoms with Gasteiger partial charge < -0.3 is 15.0 Å². The van der Waals surface area contributed by atoms with Gasteiger partial charge in [0.25, 0.3) is 0 Å². The van der Waals surface area contributed by atoms with Gasteiger partial charge in [0, 0.05) is 24.0 Å². The zero-order valence-electron chi connectivity index (χ0n) is 15.8. The SMILES string of the molecule is CC(C)(C)OC(=O)NCC1CCCCN1C(=O)C1Cc2ccccc2S1. The van der Waals surface area contributed by atoms with Gasteiger partial charge >= 0.3 is 6.09 Å². The second-order valence-electron chi connectivity index (χ2n) is 7.98.